The van der Waals surface area contributed by atoms with E-state index in [1.807, 2.05) is 12.1 Å². The number of hydrogen-bond acceptors (Lipinski definition) is 3. The van der Waals surface area contributed by atoms with Crippen LogP contribution in [0.4, 0.5) is 11.4 Å². The maximum Gasteiger partial charge on any atom is 0.0661 e. The molecule has 0 aromatic heterocycles. The molecule has 1 aromatic carbocycles. The van der Waals surface area contributed by atoms with Crippen molar-refractivity contribution in [3.63, 3.8) is 0 Å². The summed E-state index contributed by atoms with van der Waals surface area (Å²) in [5, 5.41) is 13.2. The molecule has 18 heavy (non-hydrogen) atoms. The highest BCUT2D eigenvalue weighted by molar-refractivity contribution is 5.68. The van der Waals surface area contributed by atoms with Gasteiger partial charge in [0.2, 0.25) is 0 Å². The molecule has 0 spiro atoms. The number of aliphatic hydroxyl groups excluding tert-OH is 1. The molecule has 100 valence electrons. The third-order valence-corrected chi connectivity index (χ3v) is 4.14. The Bertz CT molecular complexity index is 409. The third-order valence-electron chi connectivity index (χ3n) is 4.14. The Morgan fingerprint density at radius 2 is 2.06 bits per heavy atom. The van der Waals surface area contributed by atoms with E-state index in [9.17, 15) is 5.11 Å². The highest BCUT2D eigenvalue weighted by Gasteiger charge is 2.33. The maximum absolute atomic E-state index is 9.75. The van der Waals surface area contributed by atoms with Crippen LogP contribution in [0.15, 0.2) is 18.2 Å². The van der Waals surface area contributed by atoms with E-state index in [1.165, 1.54) is 18.4 Å². The highest BCUT2D eigenvalue weighted by Crippen LogP contribution is 2.35. The smallest absolute Gasteiger partial charge is 0.0661 e. The molecule has 0 radical (unpaired) electrons. The molecular formula is C15H24N2O. The van der Waals surface area contributed by atoms with Crippen molar-refractivity contribution >= 4 is 11.4 Å². The topological polar surface area (TPSA) is 58.3 Å². The van der Waals surface area contributed by atoms with E-state index in [0.29, 0.717) is 0 Å². The third kappa shape index (κ3) is 2.78. The van der Waals surface area contributed by atoms with Crippen LogP contribution in [0.3, 0.4) is 0 Å². The number of benzene rings is 1. The molecule has 1 aliphatic carbocycles. The minimum absolute atomic E-state index is 0.174. The van der Waals surface area contributed by atoms with Gasteiger partial charge in [-0.3, -0.25) is 0 Å². The molecule has 0 saturated heterocycles. The molecule has 0 heterocycles. The SMILES string of the molecule is Cc1ccc(N)c(NC2(CO)CCC(C)CC2)c1. The van der Waals surface area contributed by atoms with Crippen LogP contribution >= 0.6 is 0 Å². The van der Waals surface area contributed by atoms with Crippen LogP contribution in [0.25, 0.3) is 0 Å². The average Bonchev–Trinajstić information content (AvgIpc) is 2.37. The monoisotopic (exact) mass is 248 g/mol. The Balaban J connectivity index is 2.17. The number of aliphatic hydroxyl groups is 1. The largest absolute Gasteiger partial charge is 0.397 e. The van der Waals surface area contributed by atoms with Gasteiger partial charge in [-0.1, -0.05) is 13.0 Å². The number of hydrogen-bond donors (Lipinski definition) is 3. The number of nitrogens with one attached hydrogen (secondary N) is 1. The first kappa shape index (κ1) is 13.2. The Morgan fingerprint density at radius 3 is 2.67 bits per heavy atom. The summed E-state index contributed by atoms with van der Waals surface area (Å²) in [6.45, 7) is 4.51. The molecule has 3 heteroatoms. The molecule has 0 aliphatic heterocycles. The van der Waals surface area contributed by atoms with Gasteiger partial charge in [-0.2, -0.15) is 0 Å². The van der Waals surface area contributed by atoms with E-state index < -0.39 is 0 Å². The minimum atomic E-state index is -0.186. The molecule has 0 amide bonds. The van der Waals surface area contributed by atoms with Gasteiger partial charge in [0.1, 0.15) is 0 Å². The summed E-state index contributed by atoms with van der Waals surface area (Å²) < 4.78 is 0. The molecule has 0 atom stereocenters. The molecule has 0 unspecified atom stereocenters. The van der Waals surface area contributed by atoms with Crippen molar-refractivity contribution in [2.75, 3.05) is 17.7 Å². The second-order valence-electron chi connectivity index (χ2n) is 5.84. The van der Waals surface area contributed by atoms with Gasteiger partial charge in [0.05, 0.1) is 23.5 Å². The van der Waals surface area contributed by atoms with Gasteiger partial charge >= 0.3 is 0 Å². The average molecular weight is 248 g/mol. The molecule has 1 aromatic rings. The van der Waals surface area contributed by atoms with Crippen molar-refractivity contribution in [1.82, 2.24) is 0 Å². The lowest BCUT2D eigenvalue weighted by Crippen LogP contribution is -2.45. The Morgan fingerprint density at radius 1 is 1.39 bits per heavy atom. The summed E-state index contributed by atoms with van der Waals surface area (Å²) in [6, 6.07) is 5.99. The van der Waals surface area contributed by atoms with Crippen molar-refractivity contribution in [1.29, 1.82) is 0 Å². The highest BCUT2D eigenvalue weighted by atomic mass is 16.3. The quantitative estimate of drug-likeness (QED) is 0.721. The summed E-state index contributed by atoms with van der Waals surface area (Å²) >= 11 is 0. The zero-order valence-corrected chi connectivity index (χ0v) is 11.4. The maximum atomic E-state index is 9.75. The van der Waals surface area contributed by atoms with Gasteiger partial charge in [-0.05, 0) is 56.2 Å². The first-order chi connectivity index (χ1) is 8.54. The molecule has 1 aliphatic rings. The zero-order chi connectivity index (χ0) is 13.2. The van der Waals surface area contributed by atoms with Crippen molar-refractivity contribution in [2.45, 2.75) is 45.1 Å². The lowest BCUT2D eigenvalue weighted by Gasteiger charge is -2.40. The van der Waals surface area contributed by atoms with Crippen LogP contribution in [0, 0.1) is 12.8 Å². The molecule has 1 fully saturated rings. The first-order valence-corrected chi connectivity index (χ1v) is 6.80. The van der Waals surface area contributed by atoms with Crippen LogP contribution in [0.1, 0.15) is 38.2 Å². The summed E-state index contributed by atoms with van der Waals surface area (Å²) in [5.74, 6) is 0.765. The minimum Gasteiger partial charge on any atom is -0.397 e. The first-order valence-electron chi connectivity index (χ1n) is 6.80. The fourth-order valence-electron chi connectivity index (χ4n) is 2.70. The number of anilines is 2. The van der Waals surface area contributed by atoms with Gasteiger partial charge in [0.15, 0.2) is 0 Å². The predicted molar refractivity (Wildman–Crippen MR) is 76.7 cm³/mol. The van der Waals surface area contributed by atoms with Crippen LogP contribution < -0.4 is 11.1 Å². The van der Waals surface area contributed by atoms with Crippen LogP contribution in [-0.2, 0) is 0 Å². The second-order valence-corrected chi connectivity index (χ2v) is 5.84. The van der Waals surface area contributed by atoms with Gasteiger partial charge in [0, 0.05) is 0 Å². The lowest BCUT2D eigenvalue weighted by molar-refractivity contribution is 0.155. The van der Waals surface area contributed by atoms with Crippen molar-refractivity contribution in [2.24, 2.45) is 5.92 Å². The van der Waals surface area contributed by atoms with Gasteiger partial charge in [-0.15, -0.1) is 0 Å². The van der Waals surface area contributed by atoms with E-state index >= 15 is 0 Å². The molecule has 0 bridgehead atoms. The van der Waals surface area contributed by atoms with Crippen molar-refractivity contribution in [3.05, 3.63) is 23.8 Å². The predicted octanol–water partition coefficient (Wildman–Crippen LogP) is 2.93. The summed E-state index contributed by atoms with van der Waals surface area (Å²) in [4.78, 5) is 0. The van der Waals surface area contributed by atoms with E-state index in [4.69, 9.17) is 5.73 Å². The van der Waals surface area contributed by atoms with Crippen LogP contribution in [-0.4, -0.2) is 17.3 Å². The lowest BCUT2D eigenvalue weighted by atomic mass is 9.77. The zero-order valence-electron chi connectivity index (χ0n) is 11.4. The van der Waals surface area contributed by atoms with E-state index in [2.05, 4.69) is 25.2 Å². The molecule has 4 N–H and O–H groups in total. The summed E-state index contributed by atoms with van der Waals surface area (Å²) in [5.41, 5.74) is 8.72. The van der Waals surface area contributed by atoms with Gasteiger partial charge < -0.3 is 16.2 Å². The molecular weight excluding hydrogens is 224 g/mol. The van der Waals surface area contributed by atoms with Crippen LogP contribution in [0.2, 0.25) is 0 Å². The van der Waals surface area contributed by atoms with Crippen molar-refractivity contribution < 1.29 is 5.11 Å². The standard InChI is InChI=1S/C15H24N2O/c1-11-5-7-15(10-18,8-6-11)17-14-9-12(2)3-4-13(14)16/h3-4,9,11,17-18H,5-8,10,16H2,1-2H3. The number of aryl methyl sites for hydroxylation is 1. The number of rotatable bonds is 3. The van der Waals surface area contributed by atoms with E-state index in [0.717, 1.165) is 30.1 Å². The second kappa shape index (κ2) is 5.19. The van der Waals surface area contributed by atoms with E-state index in [-0.39, 0.29) is 12.1 Å². The van der Waals surface area contributed by atoms with Crippen molar-refractivity contribution in [3.8, 4) is 0 Å². The fraction of sp³-hybridized carbons (Fsp3) is 0.600. The van der Waals surface area contributed by atoms with Crippen LogP contribution in [0.5, 0.6) is 0 Å². The summed E-state index contributed by atoms with van der Waals surface area (Å²) in [6.07, 6.45) is 4.36. The Hall–Kier alpha value is -1.22. The van der Waals surface area contributed by atoms with Gasteiger partial charge in [0.25, 0.3) is 0 Å². The molecule has 2 rings (SSSR count). The van der Waals surface area contributed by atoms with E-state index in [1.54, 1.807) is 0 Å². The number of nitrogens with two attached hydrogens (primary N) is 1. The van der Waals surface area contributed by atoms with Gasteiger partial charge in [-0.25, -0.2) is 0 Å². The molecule has 1 saturated carbocycles. The summed E-state index contributed by atoms with van der Waals surface area (Å²) in [7, 11) is 0. The normalized spacial score (nSPS) is 28.1. The fourth-order valence-corrected chi connectivity index (χ4v) is 2.70. The number of nitrogen functional groups attached to an aromatic ring is 1. The Labute approximate surface area is 109 Å². The molecule has 3 nitrogen and oxygen atoms in total. The Kier molecular flexibility index (Phi) is 3.81.